The molecule has 0 spiro atoms. The number of carbonyl (C=O) groups is 2. The van der Waals surface area contributed by atoms with Crippen molar-refractivity contribution in [3.8, 4) is 0 Å². The number of thioether (sulfide) groups is 1. The van der Waals surface area contributed by atoms with E-state index in [1.165, 1.54) is 16.7 Å². The fourth-order valence-corrected chi connectivity index (χ4v) is 3.56. The average molecular weight is 293 g/mol. The smallest absolute Gasteiger partial charge is 0.306 e. The first-order chi connectivity index (χ1) is 9.63. The van der Waals surface area contributed by atoms with Gasteiger partial charge < -0.3 is 14.7 Å². The van der Waals surface area contributed by atoms with Crippen molar-refractivity contribution < 1.29 is 19.4 Å². The number of hydrogen-bond acceptors (Lipinski definition) is 5. The number of fused-ring (bicyclic) bond motifs is 3. The lowest BCUT2D eigenvalue weighted by Crippen LogP contribution is -2.46. The van der Waals surface area contributed by atoms with Gasteiger partial charge in [0.05, 0.1) is 0 Å². The van der Waals surface area contributed by atoms with Crippen LogP contribution in [-0.4, -0.2) is 40.1 Å². The lowest BCUT2D eigenvalue weighted by Gasteiger charge is -2.34. The van der Waals surface area contributed by atoms with Crippen molar-refractivity contribution in [2.24, 2.45) is 0 Å². The summed E-state index contributed by atoms with van der Waals surface area (Å²) in [6, 6.07) is 7.12. The van der Waals surface area contributed by atoms with Crippen LogP contribution in [0.1, 0.15) is 28.8 Å². The lowest BCUT2D eigenvalue weighted by atomic mass is 10.0. The lowest BCUT2D eigenvalue weighted by molar-refractivity contribution is -0.142. The van der Waals surface area contributed by atoms with Gasteiger partial charge in [0, 0.05) is 29.8 Å². The first-order valence-corrected chi connectivity index (χ1v) is 7.65. The fraction of sp³-hybridized carbons (Fsp3) is 0.429. The molecule has 5 nitrogen and oxygen atoms in total. The van der Waals surface area contributed by atoms with Gasteiger partial charge >= 0.3 is 5.97 Å². The summed E-state index contributed by atoms with van der Waals surface area (Å²) in [6.07, 6.45) is 0.752. The summed E-state index contributed by atoms with van der Waals surface area (Å²) in [7, 11) is 0. The quantitative estimate of drug-likeness (QED) is 0.731. The first kappa shape index (κ1) is 13.5. The van der Waals surface area contributed by atoms with E-state index in [1.807, 2.05) is 6.07 Å². The van der Waals surface area contributed by atoms with E-state index in [9.17, 15) is 14.7 Å². The van der Waals surface area contributed by atoms with E-state index in [-0.39, 0.29) is 24.2 Å². The van der Waals surface area contributed by atoms with Crippen LogP contribution in [-0.2, 0) is 15.3 Å². The third-order valence-electron chi connectivity index (χ3n) is 3.65. The normalized spacial score (nSPS) is 26.8. The molecule has 2 aliphatic heterocycles. The molecule has 0 radical (unpaired) electrons. The number of cyclic esters (lactones) is 1. The summed E-state index contributed by atoms with van der Waals surface area (Å²) in [5, 5.41) is 11.0. The van der Waals surface area contributed by atoms with E-state index in [2.05, 4.69) is 0 Å². The van der Waals surface area contributed by atoms with Crippen LogP contribution in [0.5, 0.6) is 0 Å². The number of amides is 1. The molecule has 1 atom stereocenters. The molecule has 1 saturated heterocycles. The molecule has 0 bridgehead atoms. The molecule has 1 N–H and O–H groups in total. The van der Waals surface area contributed by atoms with Gasteiger partial charge in [-0.3, -0.25) is 9.59 Å². The highest BCUT2D eigenvalue weighted by Crippen LogP contribution is 2.39. The molecule has 0 saturated carbocycles. The molecule has 2 heterocycles. The number of nitrogens with zero attached hydrogens (tertiary/aromatic N) is 1. The third kappa shape index (κ3) is 2.09. The molecular weight excluding hydrogens is 278 g/mol. The van der Waals surface area contributed by atoms with Crippen LogP contribution < -0.4 is 0 Å². The average Bonchev–Trinajstić information content (AvgIpc) is 2.67. The second kappa shape index (κ2) is 5.10. The van der Waals surface area contributed by atoms with Gasteiger partial charge in [0.15, 0.2) is 5.72 Å². The minimum atomic E-state index is -1.30. The van der Waals surface area contributed by atoms with Crippen molar-refractivity contribution in [3.63, 3.8) is 0 Å². The summed E-state index contributed by atoms with van der Waals surface area (Å²) in [5.74, 6) is 0.0683. The Morgan fingerprint density at radius 2 is 2.10 bits per heavy atom. The second-order valence-corrected chi connectivity index (χ2v) is 5.84. The van der Waals surface area contributed by atoms with Gasteiger partial charge in [0.1, 0.15) is 5.94 Å². The first-order valence-electron chi connectivity index (χ1n) is 6.50. The van der Waals surface area contributed by atoms with E-state index in [0.29, 0.717) is 29.8 Å². The molecule has 6 heteroatoms. The maximum absolute atomic E-state index is 12.4. The van der Waals surface area contributed by atoms with Crippen molar-refractivity contribution in [1.82, 2.24) is 4.90 Å². The van der Waals surface area contributed by atoms with E-state index in [1.54, 1.807) is 18.2 Å². The van der Waals surface area contributed by atoms with Gasteiger partial charge in [0.25, 0.3) is 5.91 Å². The highest BCUT2D eigenvalue weighted by molar-refractivity contribution is 7.99. The highest BCUT2D eigenvalue weighted by Gasteiger charge is 2.48. The van der Waals surface area contributed by atoms with Gasteiger partial charge in [-0.15, -0.1) is 11.8 Å². The molecule has 3 rings (SSSR count). The monoisotopic (exact) mass is 293 g/mol. The van der Waals surface area contributed by atoms with Crippen LogP contribution in [0.15, 0.2) is 24.3 Å². The number of hydrogen-bond donors (Lipinski definition) is 1. The number of aliphatic hydroxyl groups is 1. The van der Waals surface area contributed by atoms with Crippen LogP contribution in [0.3, 0.4) is 0 Å². The Bertz CT molecular complexity index is 562. The Kier molecular flexibility index (Phi) is 3.43. The molecular formula is C14H15NO4S. The van der Waals surface area contributed by atoms with Gasteiger partial charge in [-0.2, -0.15) is 0 Å². The fourth-order valence-electron chi connectivity index (χ4n) is 2.66. The van der Waals surface area contributed by atoms with Gasteiger partial charge in [-0.1, -0.05) is 18.2 Å². The Labute approximate surface area is 120 Å². The summed E-state index contributed by atoms with van der Waals surface area (Å²) in [5.41, 5.74) is -0.117. The molecule has 1 amide bonds. The molecule has 2 aliphatic rings. The van der Waals surface area contributed by atoms with Crippen LogP contribution in [0.25, 0.3) is 0 Å². The predicted octanol–water partition coefficient (Wildman–Crippen LogP) is 1.32. The Morgan fingerprint density at radius 3 is 2.95 bits per heavy atom. The summed E-state index contributed by atoms with van der Waals surface area (Å²) in [4.78, 5) is 25.3. The van der Waals surface area contributed by atoms with Crippen molar-refractivity contribution in [2.75, 3.05) is 18.2 Å². The number of rotatable bonds is 0. The number of ether oxygens (including phenoxy) is 1. The number of benzene rings is 1. The zero-order valence-electron chi connectivity index (χ0n) is 10.9. The molecule has 0 aromatic heterocycles. The van der Waals surface area contributed by atoms with Crippen LogP contribution in [0, 0.1) is 0 Å². The molecule has 1 aromatic rings. The standard InChI is InChI=1S/C14H15NO4S/c16-12-6-3-7-15-13(17)10-4-1-2-5-11(10)14(15,18)8-20-9-19-12/h1-2,4-5,18H,3,6-9H2. The van der Waals surface area contributed by atoms with Gasteiger partial charge in [0.2, 0.25) is 0 Å². The minimum absolute atomic E-state index is 0.169. The van der Waals surface area contributed by atoms with Crippen molar-refractivity contribution >= 4 is 23.6 Å². The van der Waals surface area contributed by atoms with Gasteiger partial charge in [-0.25, -0.2) is 0 Å². The SMILES string of the molecule is O=C1CCCN2C(=O)c3ccccc3C2(O)CSCO1. The van der Waals surface area contributed by atoms with Crippen LogP contribution in [0.4, 0.5) is 0 Å². The van der Waals surface area contributed by atoms with Crippen LogP contribution >= 0.6 is 11.8 Å². The second-order valence-electron chi connectivity index (χ2n) is 4.91. The zero-order valence-corrected chi connectivity index (χ0v) is 11.7. The van der Waals surface area contributed by atoms with Crippen molar-refractivity contribution in [3.05, 3.63) is 35.4 Å². The Hall–Kier alpha value is -1.53. The van der Waals surface area contributed by atoms with Crippen molar-refractivity contribution in [2.45, 2.75) is 18.6 Å². The summed E-state index contributed by atoms with van der Waals surface area (Å²) >= 11 is 1.31. The maximum Gasteiger partial charge on any atom is 0.306 e. The van der Waals surface area contributed by atoms with E-state index < -0.39 is 5.72 Å². The molecule has 1 aromatic carbocycles. The number of carbonyl (C=O) groups excluding carboxylic acids is 2. The molecule has 106 valence electrons. The summed E-state index contributed by atoms with van der Waals surface area (Å²) in [6.45, 7) is 0.347. The van der Waals surface area contributed by atoms with E-state index in [0.717, 1.165) is 0 Å². The highest BCUT2D eigenvalue weighted by atomic mass is 32.2. The zero-order chi connectivity index (χ0) is 14.2. The number of esters is 1. The third-order valence-corrected chi connectivity index (χ3v) is 4.54. The van der Waals surface area contributed by atoms with E-state index >= 15 is 0 Å². The molecule has 1 fully saturated rings. The van der Waals surface area contributed by atoms with E-state index in [4.69, 9.17) is 4.74 Å². The Balaban J connectivity index is 1.96. The molecule has 20 heavy (non-hydrogen) atoms. The maximum atomic E-state index is 12.4. The Morgan fingerprint density at radius 1 is 1.30 bits per heavy atom. The largest absolute Gasteiger partial charge is 0.455 e. The van der Waals surface area contributed by atoms with Crippen LogP contribution in [0.2, 0.25) is 0 Å². The van der Waals surface area contributed by atoms with Gasteiger partial charge in [-0.05, 0) is 12.5 Å². The minimum Gasteiger partial charge on any atom is -0.455 e. The van der Waals surface area contributed by atoms with Crippen molar-refractivity contribution in [1.29, 1.82) is 0 Å². The summed E-state index contributed by atoms with van der Waals surface area (Å²) < 4.78 is 5.04. The molecule has 1 unspecified atom stereocenters. The predicted molar refractivity (Wildman–Crippen MR) is 74.0 cm³/mol. The molecule has 0 aliphatic carbocycles. The topological polar surface area (TPSA) is 66.8 Å².